The number of benzene rings is 2. The van der Waals surface area contributed by atoms with Crippen LogP contribution in [0.5, 0.6) is 23.0 Å². The van der Waals surface area contributed by atoms with Gasteiger partial charge in [0.1, 0.15) is 5.84 Å². The Morgan fingerprint density at radius 2 is 1.76 bits per heavy atom. The fraction of sp³-hybridized carbons (Fsp3) is 0.483. The molecule has 0 amide bonds. The van der Waals surface area contributed by atoms with Crippen LogP contribution < -0.4 is 18.4 Å². The highest BCUT2D eigenvalue weighted by Crippen LogP contribution is 2.42. The third kappa shape index (κ3) is 7.47. The van der Waals surface area contributed by atoms with Gasteiger partial charge in [0.2, 0.25) is 0 Å². The molecule has 0 spiro atoms. The molecule has 2 aromatic rings. The number of halogens is 1. The summed E-state index contributed by atoms with van der Waals surface area (Å²) < 4.78 is 61.8. The van der Waals surface area contributed by atoms with Gasteiger partial charge in [-0.2, -0.15) is 13.7 Å². The van der Waals surface area contributed by atoms with E-state index in [9.17, 15) is 13.2 Å². The summed E-state index contributed by atoms with van der Waals surface area (Å²) in [5, 5.41) is 17.5. The first-order chi connectivity index (χ1) is 19.2. The van der Waals surface area contributed by atoms with Gasteiger partial charge in [-0.15, -0.1) is 0 Å². The average Bonchev–Trinajstić information content (AvgIpc) is 3.18. The number of nitriles is 1. The van der Waals surface area contributed by atoms with Gasteiger partial charge < -0.3 is 23.3 Å². The van der Waals surface area contributed by atoms with Crippen LogP contribution in [0.2, 0.25) is 0 Å². The average molecular weight is 590 g/mol. The van der Waals surface area contributed by atoms with Crippen molar-refractivity contribution >= 4 is 21.7 Å². The van der Waals surface area contributed by atoms with Gasteiger partial charge in [-0.1, -0.05) is 20.8 Å². The van der Waals surface area contributed by atoms with Crippen molar-refractivity contribution in [1.82, 2.24) is 4.90 Å². The van der Waals surface area contributed by atoms with Gasteiger partial charge in [0.25, 0.3) is 0 Å². The van der Waals surface area contributed by atoms with E-state index in [1.165, 1.54) is 11.0 Å². The summed E-state index contributed by atoms with van der Waals surface area (Å²) in [6.07, 6.45) is 1.54. The van der Waals surface area contributed by atoms with Gasteiger partial charge in [0.15, 0.2) is 34.6 Å². The lowest BCUT2D eigenvalue weighted by molar-refractivity contribution is 0.0962. The van der Waals surface area contributed by atoms with Crippen LogP contribution in [0.3, 0.4) is 0 Å². The second-order valence-electron chi connectivity index (χ2n) is 10.5. The molecule has 41 heavy (non-hydrogen) atoms. The van der Waals surface area contributed by atoms with E-state index in [1.54, 1.807) is 26.0 Å². The molecule has 12 heteroatoms. The molecule has 1 heterocycles. The van der Waals surface area contributed by atoms with Crippen LogP contribution in [0.15, 0.2) is 18.2 Å². The Kier molecular flexibility index (Phi) is 9.86. The van der Waals surface area contributed by atoms with Crippen LogP contribution in [0.1, 0.15) is 74.5 Å². The first kappa shape index (κ1) is 31.7. The number of nitrogens with zero attached hydrogens (tertiary/aromatic N) is 2. The van der Waals surface area contributed by atoms with Crippen molar-refractivity contribution in [3.63, 3.8) is 0 Å². The fourth-order valence-electron chi connectivity index (χ4n) is 4.42. The van der Waals surface area contributed by atoms with Crippen molar-refractivity contribution < 1.29 is 36.0 Å². The highest BCUT2D eigenvalue weighted by atomic mass is 32.2. The zero-order valence-corrected chi connectivity index (χ0v) is 25.0. The lowest BCUT2D eigenvalue weighted by Gasteiger charge is -2.25. The molecule has 0 aliphatic carbocycles. The fourth-order valence-corrected chi connectivity index (χ4v) is 4.90. The maximum Gasteiger partial charge on any atom is 0.306 e. The molecule has 1 aliphatic heterocycles. The largest absolute Gasteiger partial charge is 0.490 e. The van der Waals surface area contributed by atoms with Crippen LogP contribution in [0.4, 0.5) is 4.39 Å². The Labute approximate surface area is 240 Å². The van der Waals surface area contributed by atoms with Crippen molar-refractivity contribution in [3.05, 3.63) is 46.3 Å². The zero-order chi connectivity index (χ0) is 30.5. The number of fused-ring (bicyclic) bond motifs is 1. The first-order valence-corrected chi connectivity index (χ1v) is 15.1. The molecule has 3 rings (SSSR count). The van der Waals surface area contributed by atoms with Gasteiger partial charge in [0.05, 0.1) is 44.3 Å². The molecule has 0 bridgehead atoms. The number of hydrogen-bond donors (Lipinski definition) is 1. The molecule has 10 nitrogen and oxygen atoms in total. The van der Waals surface area contributed by atoms with E-state index in [0.717, 1.165) is 6.26 Å². The molecule has 222 valence electrons. The normalized spacial score (nSPS) is 13.0. The third-order valence-corrected chi connectivity index (χ3v) is 6.69. The summed E-state index contributed by atoms with van der Waals surface area (Å²) >= 11 is 0. The molecule has 0 radical (unpaired) electrons. The topological polar surface area (TPSA) is 139 Å². The van der Waals surface area contributed by atoms with Gasteiger partial charge in [-0.05, 0) is 49.4 Å². The number of carbonyl (C=O) groups excluding carboxylic acids is 1. The summed E-state index contributed by atoms with van der Waals surface area (Å²) in [7, 11) is -3.94. The second kappa shape index (κ2) is 12.8. The molecule has 0 unspecified atom stereocenters. The summed E-state index contributed by atoms with van der Waals surface area (Å²) in [6, 6.07) is 6.61. The second-order valence-corrected chi connectivity index (χ2v) is 12.1. The van der Waals surface area contributed by atoms with Crippen LogP contribution in [-0.4, -0.2) is 57.6 Å². The number of amidine groups is 1. The van der Waals surface area contributed by atoms with Crippen LogP contribution in [0.25, 0.3) is 0 Å². The summed E-state index contributed by atoms with van der Waals surface area (Å²) in [5.41, 5.74) is 0.545. The molecule has 0 aromatic heterocycles. The van der Waals surface area contributed by atoms with Crippen LogP contribution >= 0.6 is 0 Å². The quantitative estimate of drug-likeness (QED) is 0.195. The Balaban J connectivity index is 1.99. The monoisotopic (exact) mass is 589 g/mol. The molecule has 2 aromatic carbocycles. The lowest BCUT2D eigenvalue weighted by atomic mass is 9.84. The Hall–Kier alpha value is -3.85. The minimum atomic E-state index is -3.94. The predicted molar refractivity (Wildman–Crippen MR) is 151 cm³/mol. The third-order valence-electron chi connectivity index (χ3n) is 6.22. The van der Waals surface area contributed by atoms with E-state index in [0.29, 0.717) is 24.2 Å². The minimum absolute atomic E-state index is 0.0243. The highest BCUT2D eigenvalue weighted by molar-refractivity contribution is 7.86. The molecule has 0 atom stereocenters. The number of unbranched alkanes of at least 4 members (excludes halogenated alkanes) is 1. The SMILES string of the molecule is CCOc1cc2c(c(F)c1OCC)C(=N)N(CC(=O)c1cc(OCCCC#N)c(OS(C)(=O)=O)c(C(C)(C)C)c1)C2. The van der Waals surface area contributed by atoms with Crippen molar-refractivity contribution in [2.45, 2.75) is 59.4 Å². The van der Waals surface area contributed by atoms with Crippen LogP contribution in [0, 0.1) is 22.6 Å². The molecule has 0 saturated heterocycles. The molecule has 1 aliphatic rings. The molecule has 1 N–H and O–H groups in total. The number of Topliss-reactive ketones (excluding diaryl/α,β-unsaturated/α-hetero) is 1. The van der Waals surface area contributed by atoms with Gasteiger partial charge in [-0.3, -0.25) is 10.2 Å². The van der Waals surface area contributed by atoms with Crippen molar-refractivity contribution in [2.24, 2.45) is 0 Å². The Morgan fingerprint density at radius 3 is 2.34 bits per heavy atom. The number of ketones is 1. The maximum absolute atomic E-state index is 15.5. The van der Waals surface area contributed by atoms with E-state index in [2.05, 4.69) is 0 Å². The van der Waals surface area contributed by atoms with E-state index < -0.39 is 27.1 Å². The zero-order valence-electron chi connectivity index (χ0n) is 24.2. The van der Waals surface area contributed by atoms with Crippen molar-refractivity contribution in [2.75, 3.05) is 32.6 Å². The number of nitrogens with one attached hydrogen (secondary N) is 1. The van der Waals surface area contributed by atoms with Crippen molar-refractivity contribution in [3.8, 4) is 29.1 Å². The maximum atomic E-state index is 15.5. The molecular formula is C29H36FN3O7S. The molecule has 0 fully saturated rings. The number of hydrogen-bond acceptors (Lipinski definition) is 9. The molecule has 0 saturated carbocycles. The number of rotatable bonds is 13. The Morgan fingerprint density at radius 1 is 1.10 bits per heavy atom. The smallest absolute Gasteiger partial charge is 0.306 e. The summed E-state index contributed by atoms with van der Waals surface area (Å²) in [6.45, 7) is 9.49. The number of carbonyl (C=O) groups is 1. The van der Waals surface area contributed by atoms with E-state index in [4.69, 9.17) is 29.1 Å². The first-order valence-electron chi connectivity index (χ1n) is 13.3. The van der Waals surface area contributed by atoms with Gasteiger partial charge in [0, 0.05) is 24.1 Å². The highest BCUT2D eigenvalue weighted by Gasteiger charge is 2.34. The standard InChI is InChI=1S/C29H36FN3O7S/c1-7-37-23-15-19-16-33(28(32)24(19)25(30)27(23)38-8-2)17-21(34)18-13-20(29(3,4)5)26(40-41(6,35)36)22(14-18)39-12-10-9-11-31/h13-15,32H,7-10,12,16-17H2,1-6H3. The lowest BCUT2D eigenvalue weighted by Crippen LogP contribution is -2.31. The number of ether oxygens (including phenoxy) is 3. The van der Waals surface area contributed by atoms with Gasteiger partial charge >= 0.3 is 10.1 Å². The minimum Gasteiger partial charge on any atom is -0.490 e. The Bertz CT molecular complexity index is 1480. The van der Waals surface area contributed by atoms with E-state index in [1.807, 2.05) is 26.8 Å². The van der Waals surface area contributed by atoms with E-state index in [-0.39, 0.29) is 72.7 Å². The summed E-state index contributed by atoms with van der Waals surface area (Å²) in [4.78, 5) is 15.0. The van der Waals surface area contributed by atoms with E-state index >= 15 is 4.39 Å². The van der Waals surface area contributed by atoms with Gasteiger partial charge in [-0.25, -0.2) is 4.39 Å². The van der Waals surface area contributed by atoms with Crippen LogP contribution in [-0.2, 0) is 22.1 Å². The summed E-state index contributed by atoms with van der Waals surface area (Å²) in [5.74, 6) is -1.06. The van der Waals surface area contributed by atoms with Crippen molar-refractivity contribution in [1.29, 1.82) is 10.7 Å². The predicted octanol–water partition coefficient (Wildman–Crippen LogP) is 4.97. The molecular weight excluding hydrogens is 553 g/mol.